The zero-order chi connectivity index (χ0) is 23.2. The van der Waals surface area contributed by atoms with Gasteiger partial charge in [-0.25, -0.2) is 4.79 Å². The number of nitrogens with two attached hydrogens (primary N) is 1. The number of carbonyl (C=O) groups is 1. The van der Waals surface area contributed by atoms with Crippen molar-refractivity contribution in [2.24, 2.45) is 11.1 Å². The number of benzene rings is 1. The number of unbranched alkanes of at least 4 members (excludes halogenated alkanes) is 1. The molecule has 2 aromatic rings. The molecule has 0 spiro atoms. The number of nitrogens with zero attached hydrogens (tertiary/aromatic N) is 1. The fourth-order valence-corrected chi connectivity index (χ4v) is 3.56. The highest BCUT2D eigenvalue weighted by Crippen LogP contribution is 2.27. The quantitative estimate of drug-likeness (QED) is 0.332. The van der Waals surface area contributed by atoms with Crippen LogP contribution in [0.1, 0.15) is 64.2 Å². The Kier molecular flexibility index (Phi) is 8.45. The summed E-state index contributed by atoms with van der Waals surface area (Å²) < 4.78 is 5.44. The molecule has 1 aromatic carbocycles. The summed E-state index contributed by atoms with van der Waals surface area (Å²) in [7, 11) is 0. The minimum Gasteiger partial charge on any atom is -0.422 e. The standard InChI is InChI=1S/C25H37N3O3/c1-7-28(8-2)19-13-12-18-15-20(24(30)31-22(18)16-19)23(29)27-14-10-9-11-21(26)17(3)25(4,5)6/h12-13,15-16,21H,3,7-11,14,26H2,1-2,4-6H3,(H,27,29). The molecule has 0 bridgehead atoms. The van der Waals surface area contributed by atoms with Gasteiger partial charge in [0.2, 0.25) is 0 Å². The van der Waals surface area contributed by atoms with Crippen LogP contribution in [0.15, 0.2) is 45.6 Å². The third kappa shape index (κ3) is 6.44. The van der Waals surface area contributed by atoms with Crippen LogP contribution in [0.2, 0.25) is 0 Å². The van der Waals surface area contributed by atoms with E-state index in [-0.39, 0.29) is 17.0 Å². The van der Waals surface area contributed by atoms with Crippen LogP contribution in [-0.2, 0) is 0 Å². The van der Waals surface area contributed by atoms with Gasteiger partial charge in [-0.1, -0.05) is 32.9 Å². The lowest BCUT2D eigenvalue weighted by atomic mass is 9.82. The van der Waals surface area contributed by atoms with Gasteiger partial charge < -0.3 is 20.4 Å². The van der Waals surface area contributed by atoms with Crippen LogP contribution in [0, 0.1) is 5.41 Å². The van der Waals surface area contributed by atoms with Crippen LogP contribution in [0.5, 0.6) is 0 Å². The molecule has 2 rings (SSSR count). The number of hydrogen-bond donors (Lipinski definition) is 2. The first-order chi connectivity index (χ1) is 14.6. The first-order valence-corrected chi connectivity index (χ1v) is 11.1. The zero-order valence-corrected chi connectivity index (χ0v) is 19.6. The molecule has 1 amide bonds. The summed E-state index contributed by atoms with van der Waals surface area (Å²) in [6, 6.07) is 7.26. The lowest BCUT2D eigenvalue weighted by molar-refractivity contribution is 0.0949. The average Bonchev–Trinajstić information content (AvgIpc) is 2.72. The van der Waals surface area contributed by atoms with Crippen molar-refractivity contribution < 1.29 is 9.21 Å². The van der Waals surface area contributed by atoms with Gasteiger partial charge in [0.25, 0.3) is 5.91 Å². The molecule has 0 aliphatic carbocycles. The Balaban J connectivity index is 1.95. The predicted octanol–water partition coefficient (Wildman–Crippen LogP) is 4.47. The number of hydrogen-bond acceptors (Lipinski definition) is 5. The molecule has 6 heteroatoms. The molecule has 0 fully saturated rings. The summed E-state index contributed by atoms with van der Waals surface area (Å²) in [6.07, 6.45) is 2.47. The van der Waals surface area contributed by atoms with Gasteiger partial charge in [-0.3, -0.25) is 4.79 Å². The van der Waals surface area contributed by atoms with Crippen LogP contribution in [0.4, 0.5) is 5.69 Å². The van der Waals surface area contributed by atoms with Gasteiger partial charge in [0, 0.05) is 42.8 Å². The molecular weight excluding hydrogens is 390 g/mol. The number of rotatable bonds is 10. The maximum absolute atomic E-state index is 12.5. The SMILES string of the molecule is C=C(C(N)CCCCNC(=O)c1cc2ccc(N(CC)CC)cc2oc1=O)C(C)(C)C. The van der Waals surface area contributed by atoms with E-state index >= 15 is 0 Å². The highest BCUT2D eigenvalue weighted by Gasteiger charge is 2.20. The Bertz CT molecular complexity index is 968. The van der Waals surface area contributed by atoms with Crippen LogP contribution >= 0.6 is 0 Å². The van der Waals surface area contributed by atoms with Crippen molar-refractivity contribution in [2.45, 2.75) is 59.9 Å². The normalized spacial score (nSPS) is 12.6. The van der Waals surface area contributed by atoms with Crippen LogP contribution in [-0.4, -0.2) is 31.6 Å². The number of nitrogens with one attached hydrogen (secondary N) is 1. The fourth-order valence-electron chi connectivity index (χ4n) is 3.56. The molecule has 31 heavy (non-hydrogen) atoms. The minimum absolute atomic E-state index is 0.0100. The zero-order valence-electron chi connectivity index (χ0n) is 19.6. The van der Waals surface area contributed by atoms with Gasteiger partial charge >= 0.3 is 5.63 Å². The van der Waals surface area contributed by atoms with E-state index in [1.807, 2.05) is 18.2 Å². The van der Waals surface area contributed by atoms with Gasteiger partial charge in [-0.15, -0.1) is 0 Å². The first kappa shape index (κ1) is 24.7. The van der Waals surface area contributed by atoms with E-state index in [0.717, 1.165) is 49.0 Å². The summed E-state index contributed by atoms with van der Waals surface area (Å²) in [6.45, 7) is 16.8. The van der Waals surface area contributed by atoms with Crippen molar-refractivity contribution in [1.29, 1.82) is 0 Å². The topological polar surface area (TPSA) is 88.6 Å². The lowest BCUT2D eigenvalue weighted by Gasteiger charge is -2.27. The van der Waals surface area contributed by atoms with Crippen molar-refractivity contribution >= 4 is 22.6 Å². The van der Waals surface area contributed by atoms with E-state index in [2.05, 4.69) is 51.4 Å². The molecule has 0 aliphatic rings. The Morgan fingerprint density at radius 2 is 1.87 bits per heavy atom. The second kappa shape index (κ2) is 10.6. The first-order valence-electron chi connectivity index (χ1n) is 11.1. The smallest absolute Gasteiger partial charge is 0.349 e. The van der Waals surface area contributed by atoms with Crippen molar-refractivity contribution in [2.75, 3.05) is 24.5 Å². The highest BCUT2D eigenvalue weighted by molar-refractivity contribution is 5.96. The molecule has 1 unspecified atom stereocenters. The van der Waals surface area contributed by atoms with Crippen molar-refractivity contribution in [1.82, 2.24) is 5.32 Å². The van der Waals surface area contributed by atoms with E-state index < -0.39 is 11.5 Å². The van der Waals surface area contributed by atoms with Crippen molar-refractivity contribution in [3.05, 3.63) is 52.4 Å². The molecule has 3 N–H and O–H groups in total. The molecule has 0 saturated heterocycles. The third-order valence-electron chi connectivity index (χ3n) is 5.73. The lowest BCUT2D eigenvalue weighted by Crippen LogP contribution is -2.31. The largest absolute Gasteiger partial charge is 0.422 e. The molecule has 1 aromatic heterocycles. The van der Waals surface area contributed by atoms with E-state index in [0.29, 0.717) is 12.1 Å². The van der Waals surface area contributed by atoms with Crippen LogP contribution in [0.25, 0.3) is 11.0 Å². The second-order valence-corrected chi connectivity index (χ2v) is 8.98. The maximum Gasteiger partial charge on any atom is 0.349 e. The number of amides is 1. The summed E-state index contributed by atoms with van der Waals surface area (Å²) in [5.41, 5.74) is 8.12. The molecule has 0 saturated carbocycles. The molecule has 6 nitrogen and oxygen atoms in total. The summed E-state index contributed by atoms with van der Waals surface area (Å²) in [5, 5.41) is 3.54. The molecule has 1 heterocycles. The second-order valence-electron chi connectivity index (χ2n) is 8.98. The Morgan fingerprint density at radius 3 is 2.48 bits per heavy atom. The Morgan fingerprint density at radius 1 is 1.19 bits per heavy atom. The minimum atomic E-state index is -0.620. The third-order valence-corrected chi connectivity index (χ3v) is 5.73. The van der Waals surface area contributed by atoms with Gasteiger partial charge in [-0.05, 0) is 56.7 Å². The molecule has 0 aliphatic heterocycles. The van der Waals surface area contributed by atoms with Crippen molar-refractivity contribution in [3.8, 4) is 0 Å². The van der Waals surface area contributed by atoms with Gasteiger partial charge in [-0.2, -0.15) is 0 Å². The van der Waals surface area contributed by atoms with Gasteiger partial charge in [0.1, 0.15) is 11.1 Å². The summed E-state index contributed by atoms with van der Waals surface area (Å²) in [4.78, 5) is 27.0. The molecule has 1 atom stereocenters. The number of anilines is 1. The predicted molar refractivity (Wildman–Crippen MR) is 129 cm³/mol. The fraction of sp³-hybridized carbons (Fsp3) is 0.520. The molecule has 170 valence electrons. The maximum atomic E-state index is 12.5. The summed E-state index contributed by atoms with van der Waals surface area (Å²) >= 11 is 0. The van der Waals surface area contributed by atoms with Gasteiger partial charge in [0.15, 0.2) is 0 Å². The Labute approximate surface area is 185 Å². The number of fused-ring (bicyclic) bond motifs is 1. The number of carbonyl (C=O) groups excluding carboxylic acids is 1. The van der Waals surface area contributed by atoms with E-state index in [1.165, 1.54) is 0 Å². The van der Waals surface area contributed by atoms with E-state index in [9.17, 15) is 9.59 Å². The van der Waals surface area contributed by atoms with E-state index in [4.69, 9.17) is 10.2 Å². The summed E-state index contributed by atoms with van der Waals surface area (Å²) in [5.74, 6) is -0.410. The van der Waals surface area contributed by atoms with E-state index in [1.54, 1.807) is 6.07 Å². The molecular formula is C25H37N3O3. The molecule has 0 radical (unpaired) electrons. The van der Waals surface area contributed by atoms with Crippen LogP contribution < -0.4 is 21.6 Å². The van der Waals surface area contributed by atoms with Crippen LogP contribution in [0.3, 0.4) is 0 Å². The average molecular weight is 428 g/mol. The monoisotopic (exact) mass is 427 g/mol. The van der Waals surface area contributed by atoms with Gasteiger partial charge in [0.05, 0.1) is 0 Å². The highest BCUT2D eigenvalue weighted by atomic mass is 16.4. The Hall–Kier alpha value is -2.60. The van der Waals surface area contributed by atoms with Crippen molar-refractivity contribution in [3.63, 3.8) is 0 Å².